The van der Waals surface area contributed by atoms with Crippen LogP contribution in [0.25, 0.3) is 10.8 Å². The quantitative estimate of drug-likeness (QED) is 0.767. The van der Waals surface area contributed by atoms with Crippen molar-refractivity contribution in [3.05, 3.63) is 48.0 Å². The van der Waals surface area contributed by atoms with Gasteiger partial charge in [0.1, 0.15) is 0 Å². The molecule has 0 saturated heterocycles. The Morgan fingerprint density at radius 1 is 1.10 bits per heavy atom. The van der Waals surface area contributed by atoms with E-state index in [-0.39, 0.29) is 5.91 Å². The first-order chi connectivity index (χ1) is 10.2. The Hall–Kier alpha value is -1.87. The Balaban J connectivity index is 1.79. The molecule has 0 unspecified atom stereocenters. The molecule has 2 rings (SSSR count). The lowest BCUT2D eigenvalue weighted by molar-refractivity contribution is -0.121. The summed E-state index contributed by atoms with van der Waals surface area (Å²) in [5.74, 6) is 0.617. The smallest absolute Gasteiger partial charge is 0.221 e. The molecule has 2 aromatic rings. The molecular formula is C18H24N2O. The maximum Gasteiger partial charge on any atom is 0.221 e. The second-order valence-electron chi connectivity index (χ2n) is 5.76. The summed E-state index contributed by atoms with van der Waals surface area (Å²) in [7, 11) is 0. The molecule has 3 nitrogen and oxygen atoms in total. The van der Waals surface area contributed by atoms with E-state index in [0.29, 0.717) is 18.9 Å². The Morgan fingerprint density at radius 3 is 2.67 bits per heavy atom. The zero-order valence-corrected chi connectivity index (χ0v) is 12.9. The molecule has 3 heteroatoms. The first-order valence-corrected chi connectivity index (χ1v) is 7.61. The Morgan fingerprint density at radius 2 is 1.86 bits per heavy atom. The lowest BCUT2D eigenvalue weighted by Gasteiger charge is -2.09. The average Bonchev–Trinajstić information content (AvgIpc) is 2.49. The maximum absolute atomic E-state index is 11.6. The number of carbonyl (C=O) groups is 1. The van der Waals surface area contributed by atoms with Crippen molar-refractivity contribution in [3.63, 3.8) is 0 Å². The Bertz CT molecular complexity index is 587. The summed E-state index contributed by atoms with van der Waals surface area (Å²) < 4.78 is 0. The van der Waals surface area contributed by atoms with Gasteiger partial charge in [-0.2, -0.15) is 0 Å². The van der Waals surface area contributed by atoms with Gasteiger partial charge in [0, 0.05) is 26.1 Å². The number of rotatable bonds is 7. The van der Waals surface area contributed by atoms with Crippen molar-refractivity contribution in [1.82, 2.24) is 10.6 Å². The summed E-state index contributed by atoms with van der Waals surface area (Å²) in [5, 5.41) is 8.81. The number of hydrogen-bond donors (Lipinski definition) is 2. The first kappa shape index (κ1) is 15.5. The number of amides is 1. The highest BCUT2D eigenvalue weighted by Crippen LogP contribution is 2.18. The van der Waals surface area contributed by atoms with Crippen LogP contribution in [0.3, 0.4) is 0 Å². The number of hydrogen-bond acceptors (Lipinski definition) is 2. The molecule has 0 bridgehead atoms. The minimum atomic E-state index is 0.120. The second-order valence-corrected chi connectivity index (χ2v) is 5.76. The van der Waals surface area contributed by atoms with Crippen LogP contribution in [0.5, 0.6) is 0 Å². The second kappa shape index (κ2) is 7.79. The van der Waals surface area contributed by atoms with Gasteiger partial charge in [0.25, 0.3) is 0 Å². The average molecular weight is 284 g/mol. The molecule has 0 atom stereocenters. The van der Waals surface area contributed by atoms with Gasteiger partial charge in [0.2, 0.25) is 5.91 Å². The van der Waals surface area contributed by atoms with Gasteiger partial charge in [-0.3, -0.25) is 4.79 Å². The van der Waals surface area contributed by atoms with Crippen LogP contribution in [0, 0.1) is 5.92 Å². The van der Waals surface area contributed by atoms with Gasteiger partial charge in [0.15, 0.2) is 0 Å². The Labute approximate surface area is 126 Å². The van der Waals surface area contributed by atoms with Crippen molar-refractivity contribution in [1.29, 1.82) is 0 Å². The summed E-state index contributed by atoms with van der Waals surface area (Å²) in [6, 6.07) is 14.7. The highest BCUT2D eigenvalue weighted by molar-refractivity contribution is 5.85. The van der Waals surface area contributed by atoms with E-state index in [9.17, 15) is 4.79 Å². The van der Waals surface area contributed by atoms with Crippen molar-refractivity contribution in [2.24, 2.45) is 5.92 Å². The van der Waals surface area contributed by atoms with E-state index >= 15 is 0 Å². The fourth-order valence-electron chi connectivity index (χ4n) is 2.28. The molecule has 0 radical (unpaired) electrons. The molecule has 2 N–H and O–H groups in total. The molecule has 0 aliphatic carbocycles. The monoisotopic (exact) mass is 284 g/mol. The standard InChI is InChI=1S/C18H24N2O/c1-14(2)12-20-18(21)10-11-19-13-16-8-5-7-15-6-3-4-9-17(15)16/h3-9,14,19H,10-13H2,1-2H3,(H,20,21). The van der Waals surface area contributed by atoms with Crippen LogP contribution in [0.15, 0.2) is 42.5 Å². The molecule has 0 aliphatic rings. The number of carbonyl (C=O) groups excluding carboxylic acids is 1. The van der Waals surface area contributed by atoms with Crippen LogP contribution >= 0.6 is 0 Å². The lowest BCUT2D eigenvalue weighted by Crippen LogP contribution is -2.30. The molecule has 0 aromatic heterocycles. The van der Waals surface area contributed by atoms with E-state index < -0.39 is 0 Å². The zero-order chi connectivity index (χ0) is 15.1. The van der Waals surface area contributed by atoms with E-state index in [1.54, 1.807) is 0 Å². The summed E-state index contributed by atoms with van der Waals surface area (Å²) >= 11 is 0. The highest BCUT2D eigenvalue weighted by Gasteiger charge is 2.03. The van der Waals surface area contributed by atoms with Gasteiger partial charge in [-0.05, 0) is 22.3 Å². The molecule has 0 saturated carbocycles. The van der Waals surface area contributed by atoms with E-state index in [1.165, 1.54) is 16.3 Å². The third kappa shape index (κ3) is 4.87. The number of benzene rings is 2. The minimum absolute atomic E-state index is 0.120. The number of nitrogens with one attached hydrogen (secondary N) is 2. The normalized spacial score (nSPS) is 11.0. The molecule has 0 fully saturated rings. The van der Waals surface area contributed by atoms with Gasteiger partial charge < -0.3 is 10.6 Å². The van der Waals surface area contributed by atoms with E-state index in [0.717, 1.165) is 13.1 Å². The van der Waals surface area contributed by atoms with Crippen LogP contribution in [0.4, 0.5) is 0 Å². The van der Waals surface area contributed by atoms with Gasteiger partial charge in [0.05, 0.1) is 0 Å². The summed E-state index contributed by atoms with van der Waals surface area (Å²) in [6.07, 6.45) is 0.525. The maximum atomic E-state index is 11.6. The topological polar surface area (TPSA) is 41.1 Å². The molecule has 21 heavy (non-hydrogen) atoms. The summed E-state index contributed by atoms with van der Waals surface area (Å²) in [4.78, 5) is 11.6. The SMILES string of the molecule is CC(C)CNC(=O)CCNCc1cccc2ccccc12. The van der Waals surface area contributed by atoms with E-state index in [4.69, 9.17) is 0 Å². The Kier molecular flexibility index (Phi) is 5.76. The molecule has 2 aromatic carbocycles. The van der Waals surface area contributed by atoms with Gasteiger partial charge in [-0.1, -0.05) is 56.3 Å². The third-order valence-corrected chi connectivity index (χ3v) is 3.43. The number of fused-ring (bicyclic) bond motifs is 1. The molecule has 0 aliphatic heterocycles. The lowest BCUT2D eigenvalue weighted by atomic mass is 10.0. The van der Waals surface area contributed by atoms with Crippen LogP contribution in [0.1, 0.15) is 25.8 Å². The van der Waals surface area contributed by atoms with E-state index in [1.807, 2.05) is 0 Å². The zero-order valence-electron chi connectivity index (χ0n) is 12.9. The fourth-order valence-corrected chi connectivity index (χ4v) is 2.28. The van der Waals surface area contributed by atoms with Gasteiger partial charge in [-0.25, -0.2) is 0 Å². The fraction of sp³-hybridized carbons (Fsp3) is 0.389. The van der Waals surface area contributed by atoms with Crippen molar-refractivity contribution in [2.75, 3.05) is 13.1 Å². The third-order valence-electron chi connectivity index (χ3n) is 3.43. The molecule has 0 spiro atoms. The first-order valence-electron chi connectivity index (χ1n) is 7.61. The van der Waals surface area contributed by atoms with E-state index in [2.05, 4.69) is 66.9 Å². The molecule has 0 heterocycles. The predicted octanol–water partition coefficient (Wildman–Crippen LogP) is 3.09. The van der Waals surface area contributed by atoms with Crippen molar-refractivity contribution in [3.8, 4) is 0 Å². The molecule has 112 valence electrons. The summed E-state index contributed by atoms with van der Waals surface area (Å²) in [6.45, 7) is 6.44. The van der Waals surface area contributed by atoms with Gasteiger partial charge in [-0.15, -0.1) is 0 Å². The summed E-state index contributed by atoms with van der Waals surface area (Å²) in [5.41, 5.74) is 1.27. The van der Waals surface area contributed by atoms with Crippen LogP contribution in [-0.2, 0) is 11.3 Å². The predicted molar refractivity (Wildman–Crippen MR) is 88.1 cm³/mol. The van der Waals surface area contributed by atoms with Crippen molar-refractivity contribution in [2.45, 2.75) is 26.8 Å². The van der Waals surface area contributed by atoms with Crippen LogP contribution in [0.2, 0.25) is 0 Å². The van der Waals surface area contributed by atoms with Crippen LogP contribution < -0.4 is 10.6 Å². The highest BCUT2D eigenvalue weighted by atomic mass is 16.1. The van der Waals surface area contributed by atoms with Crippen molar-refractivity contribution < 1.29 is 4.79 Å². The van der Waals surface area contributed by atoms with Crippen molar-refractivity contribution >= 4 is 16.7 Å². The largest absolute Gasteiger partial charge is 0.356 e. The molecular weight excluding hydrogens is 260 g/mol. The van der Waals surface area contributed by atoms with Gasteiger partial charge >= 0.3 is 0 Å². The minimum Gasteiger partial charge on any atom is -0.356 e. The van der Waals surface area contributed by atoms with Crippen LogP contribution in [-0.4, -0.2) is 19.0 Å². The molecule has 1 amide bonds.